The topological polar surface area (TPSA) is 55.9 Å². The Bertz CT molecular complexity index is 919. The van der Waals surface area contributed by atoms with Crippen molar-refractivity contribution in [1.82, 2.24) is 9.80 Å². The van der Waals surface area contributed by atoms with E-state index in [-0.39, 0.29) is 24.2 Å². The Morgan fingerprint density at radius 2 is 1.74 bits per heavy atom. The number of nitrogens with one attached hydrogen (secondary N) is 1. The van der Waals surface area contributed by atoms with Crippen molar-refractivity contribution in [3.63, 3.8) is 0 Å². The standard InChI is InChI=1S/C25H32N4O2/c1-3-27-12-14-28(15-13-27)23-7-5-4-6-22(23)26-25(31)21-16-24(30)29(18-21)17-20-10-8-19(2)9-11-20/h4-11,21H,3,12-18H2,1-2H3,(H,26,31). The molecule has 2 amide bonds. The predicted octanol–water partition coefficient (Wildman–Crippen LogP) is 3.12. The highest BCUT2D eigenvalue weighted by molar-refractivity contribution is 5.99. The SMILES string of the molecule is CCN1CCN(c2ccccc2NC(=O)C2CC(=O)N(Cc3ccc(C)cc3)C2)CC1. The maximum atomic E-state index is 13.0. The van der Waals surface area contributed by atoms with E-state index in [0.717, 1.165) is 49.7 Å². The highest BCUT2D eigenvalue weighted by Gasteiger charge is 2.34. The molecule has 6 heteroatoms. The zero-order valence-corrected chi connectivity index (χ0v) is 18.5. The van der Waals surface area contributed by atoms with E-state index in [1.165, 1.54) is 5.56 Å². The quantitative estimate of drug-likeness (QED) is 0.780. The number of aryl methyl sites for hydroxylation is 1. The summed E-state index contributed by atoms with van der Waals surface area (Å²) in [4.78, 5) is 32.1. The summed E-state index contributed by atoms with van der Waals surface area (Å²) in [5.74, 6) is -0.341. The molecule has 4 rings (SSSR count). The van der Waals surface area contributed by atoms with Gasteiger partial charge in [-0.3, -0.25) is 9.59 Å². The molecule has 0 spiro atoms. The molecule has 2 fully saturated rings. The van der Waals surface area contributed by atoms with Gasteiger partial charge in [-0.05, 0) is 31.2 Å². The summed E-state index contributed by atoms with van der Waals surface area (Å²) in [6.45, 7) is 10.3. The molecule has 2 aliphatic rings. The largest absolute Gasteiger partial charge is 0.367 e. The lowest BCUT2D eigenvalue weighted by Crippen LogP contribution is -2.46. The summed E-state index contributed by atoms with van der Waals surface area (Å²) in [6.07, 6.45) is 0.273. The van der Waals surface area contributed by atoms with Crippen molar-refractivity contribution in [3.8, 4) is 0 Å². The molecular weight excluding hydrogens is 388 g/mol. The number of benzene rings is 2. The van der Waals surface area contributed by atoms with Gasteiger partial charge in [0.15, 0.2) is 0 Å². The van der Waals surface area contributed by atoms with E-state index >= 15 is 0 Å². The first-order valence-electron chi connectivity index (χ1n) is 11.2. The second kappa shape index (κ2) is 9.52. The van der Waals surface area contributed by atoms with E-state index in [1.807, 2.05) is 37.3 Å². The highest BCUT2D eigenvalue weighted by atomic mass is 16.2. The van der Waals surface area contributed by atoms with Gasteiger partial charge in [0.25, 0.3) is 0 Å². The Hall–Kier alpha value is -2.86. The van der Waals surface area contributed by atoms with E-state index < -0.39 is 0 Å². The predicted molar refractivity (Wildman–Crippen MR) is 124 cm³/mol. The van der Waals surface area contributed by atoms with Crippen LogP contribution in [0.1, 0.15) is 24.5 Å². The fourth-order valence-electron chi connectivity index (χ4n) is 4.41. The number of likely N-dealkylation sites (N-methyl/N-ethyl adjacent to an activating group) is 1. The second-order valence-corrected chi connectivity index (χ2v) is 8.59. The van der Waals surface area contributed by atoms with Gasteiger partial charge in [0.05, 0.1) is 17.3 Å². The summed E-state index contributed by atoms with van der Waals surface area (Å²) >= 11 is 0. The van der Waals surface area contributed by atoms with Gasteiger partial charge in [-0.2, -0.15) is 0 Å². The van der Waals surface area contributed by atoms with Crippen molar-refractivity contribution in [3.05, 3.63) is 59.7 Å². The first-order chi connectivity index (χ1) is 15.0. The van der Waals surface area contributed by atoms with Gasteiger partial charge in [-0.15, -0.1) is 0 Å². The molecule has 0 radical (unpaired) electrons. The van der Waals surface area contributed by atoms with Crippen LogP contribution in [0.5, 0.6) is 0 Å². The second-order valence-electron chi connectivity index (χ2n) is 8.59. The number of hydrogen-bond acceptors (Lipinski definition) is 4. The molecule has 0 saturated carbocycles. The Kier molecular flexibility index (Phi) is 6.56. The van der Waals surface area contributed by atoms with Gasteiger partial charge in [0.2, 0.25) is 11.8 Å². The lowest BCUT2D eigenvalue weighted by atomic mass is 10.1. The average molecular weight is 421 g/mol. The molecule has 2 heterocycles. The van der Waals surface area contributed by atoms with E-state index in [9.17, 15) is 9.59 Å². The summed E-state index contributed by atoms with van der Waals surface area (Å²) in [7, 11) is 0. The first-order valence-corrected chi connectivity index (χ1v) is 11.2. The molecule has 1 N–H and O–H groups in total. The number of hydrogen-bond donors (Lipinski definition) is 1. The third-order valence-corrected chi connectivity index (χ3v) is 6.40. The van der Waals surface area contributed by atoms with Crippen molar-refractivity contribution >= 4 is 23.2 Å². The molecule has 0 bridgehead atoms. The molecule has 2 aromatic rings. The van der Waals surface area contributed by atoms with Gasteiger partial charge in [-0.1, -0.05) is 48.9 Å². The highest BCUT2D eigenvalue weighted by Crippen LogP contribution is 2.28. The number of para-hydroxylation sites is 2. The maximum absolute atomic E-state index is 13.0. The first kappa shape index (κ1) is 21.4. The molecule has 0 aromatic heterocycles. The van der Waals surface area contributed by atoms with Crippen molar-refractivity contribution in [2.24, 2.45) is 5.92 Å². The minimum absolute atomic E-state index is 0.0460. The third-order valence-electron chi connectivity index (χ3n) is 6.40. The van der Waals surface area contributed by atoms with Crippen LogP contribution < -0.4 is 10.2 Å². The summed E-state index contributed by atoms with van der Waals surface area (Å²) in [6, 6.07) is 16.2. The normalized spacial score (nSPS) is 19.7. The van der Waals surface area contributed by atoms with Gasteiger partial charge < -0.3 is 20.0 Å². The summed E-state index contributed by atoms with van der Waals surface area (Å²) in [5.41, 5.74) is 4.19. The Balaban J connectivity index is 1.39. The minimum atomic E-state index is -0.317. The monoisotopic (exact) mass is 420 g/mol. The maximum Gasteiger partial charge on any atom is 0.229 e. The molecule has 1 atom stereocenters. The van der Waals surface area contributed by atoms with Crippen LogP contribution in [0.2, 0.25) is 0 Å². The van der Waals surface area contributed by atoms with Crippen molar-refractivity contribution < 1.29 is 9.59 Å². The number of nitrogens with zero attached hydrogens (tertiary/aromatic N) is 3. The average Bonchev–Trinajstić information content (AvgIpc) is 3.16. The third kappa shape index (κ3) is 5.07. The zero-order chi connectivity index (χ0) is 21.8. The van der Waals surface area contributed by atoms with Crippen molar-refractivity contribution in [2.45, 2.75) is 26.8 Å². The molecule has 164 valence electrons. The van der Waals surface area contributed by atoms with E-state index in [2.05, 4.69) is 40.2 Å². The van der Waals surface area contributed by atoms with Crippen LogP contribution in [0.3, 0.4) is 0 Å². The molecule has 1 unspecified atom stereocenters. The van der Waals surface area contributed by atoms with Crippen LogP contribution in [0.4, 0.5) is 11.4 Å². The van der Waals surface area contributed by atoms with E-state index in [1.54, 1.807) is 4.90 Å². The van der Waals surface area contributed by atoms with Crippen LogP contribution >= 0.6 is 0 Å². The van der Waals surface area contributed by atoms with E-state index in [0.29, 0.717) is 13.1 Å². The number of carbonyl (C=O) groups is 2. The van der Waals surface area contributed by atoms with Crippen LogP contribution in [0.25, 0.3) is 0 Å². The molecule has 31 heavy (non-hydrogen) atoms. The number of rotatable bonds is 6. The van der Waals surface area contributed by atoms with Gasteiger partial charge in [0.1, 0.15) is 0 Å². The summed E-state index contributed by atoms with van der Waals surface area (Å²) < 4.78 is 0. The molecule has 2 aliphatic heterocycles. The number of amides is 2. The number of carbonyl (C=O) groups excluding carboxylic acids is 2. The van der Waals surface area contributed by atoms with Crippen LogP contribution in [0.15, 0.2) is 48.5 Å². The van der Waals surface area contributed by atoms with Crippen LogP contribution in [-0.2, 0) is 16.1 Å². The minimum Gasteiger partial charge on any atom is -0.367 e. The Labute approximate surface area is 184 Å². The van der Waals surface area contributed by atoms with Crippen LogP contribution in [0, 0.1) is 12.8 Å². The Morgan fingerprint density at radius 1 is 1.03 bits per heavy atom. The number of piperazine rings is 1. The molecule has 2 aromatic carbocycles. The van der Waals surface area contributed by atoms with Gasteiger partial charge in [-0.25, -0.2) is 0 Å². The molecule has 2 saturated heterocycles. The zero-order valence-electron chi connectivity index (χ0n) is 18.5. The molecular formula is C25H32N4O2. The van der Waals surface area contributed by atoms with Gasteiger partial charge in [0, 0.05) is 45.7 Å². The van der Waals surface area contributed by atoms with E-state index in [4.69, 9.17) is 0 Å². The number of likely N-dealkylation sites (tertiary alicyclic amines) is 1. The Morgan fingerprint density at radius 3 is 2.45 bits per heavy atom. The fraction of sp³-hybridized carbons (Fsp3) is 0.440. The van der Waals surface area contributed by atoms with Crippen molar-refractivity contribution in [1.29, 1.82) is 0 Å². The lowest BCUT2D eigenvalue weighted by molar-refractivity contribution is -0.128. The van der Waals surface area contributed by atoms with Gasteiger partial charge >= 0.3 is 0 Å². The molecule has 0 aliphatic carbocycles. The smallest absolute Gasteiger partial charge is 0.229 e. The lowest BCUT2D eigenvalue weighted by Gasteiger charge is -2.36. The summed E-state index contributed by atoms with van der Waals surface area (Å²) in [5, 5.41) is 3.11. The van der Waals surface area contributed by atoms with Crippen molar-refractivity contribution in [2.75, 3.05) is 49.5 Å². The fourth-order valence-corrected chi connectivity index (χ4v) is 4.41. The van der Waals surface area contributed by atoms with Crippen LogP contribution in [-0.4, -0.2) is 60.9 Å². The molecule has 6 nitrogen and oxygen atoms in total. The number of anilines is 2.